The van der Waals surface area contributed by atoms with Crippen molar-refractivity contribution in [2.45, 2.75) is 44.8 Å². The number of nitrogens with two attached hydrogens (primary N) is 1. The minimum absolute atomic E-state index is 0.0457. The highest BCUT2D eigenvalue weighted by Gasteiger charge is 2.29. The molecule has 0 aromatic carbocycles. The standard InChI is InChI=1S/C14H20N4O4/c1-10(15)12-4-2-3-7-17(12)14(20)9-16-8-11(18(21)22)5-6-13(16)19/h5-6,8,10,12H,2-4,7,9,15H2,1H3. The summed E-state index contributed by atoms with van der Waals surface area (Å²) in [5.41, 5.74) is 5.28. The van der Waals surface area contributed by atoms with E-state index in [1.54, 1.807) is 4.90 Å². The highest BCUT2D eigenvalue weighted by atomic mass is 16.6. The summed E-state index contributed by atoms with van der Waals surface area (Å²) in [5, 5.41) is 10.8. The summed E-state index contributed by atoms with van der Waals surface area (Å²) in [4.78, 5) is 36.1. The van der Waals surface area contributed by atoms with Gasteiger partial charge < -0.3 is 10.6 Å². The van der Waals surface area contributed by atoms with Crippen LogP contribution in [0, 0.1) is 10.1 Å². The molecule has 0 spiro atoms. The summed E-state index contributed by atoms with van der Waals surface area (Å²) in [7, 11) is 0. The van der Waals surface area contributed by atoms with E-state index in [1.165, 1.54) is 0 Å². The van der Waals surface area contributed by atoms with Gasteiger partial charge in [-0.2, -0.15) is 0 Å². The number of hydrogen-bond acceptors (Lipinski definition) is 5. The highest BCUT2D eigenvalue weighted by Crippen LogP contribution is 2.19. The second-order valence-electron chi connectivity index (χ2n) is 5.62. The van der Waals surface area contributed by atoms with Crippen molar-refractivity contribution in [2.75, 3.05) is 6.54 Å². The molecule has 1 saturated heterocycles. The molecular formula is C14H20N4O4. The number of nitrogens with zero attached hydrogens (tertiary/aromatic N) is 3. The van der Waals surface area contributed by atoms with Crippen LogP contribution in [0.3, 0.4) is 0 Å². The molecule has 8 heteroatoms. The van der Waals surface area contributed by atoms with Gasteiger partial charge in [0, 0.05) is 30.8 Å². The Balaban J connectivity index is 2.19. The van der Waals surface area contributed by atoms with Crippen molar-refractivity contribution < 1.29 is 9.72 Å². The van der Waals surface area contributed by atoms with Crippen molar-refractivity contribution in [3.8, 4) is 0 Å². The first-order chi connectivity index (χ1) is 10.4. The molecule has 2 heterocycles. The van der Waals surface area contributed by atoms with Gasteiger partial charge in [-0.15, -0.1) is 0 Å². The zero-order valence-electron chi connectivity index (χ0n) is 12.5. The maximum absolute atomic E-state index is 12.5. The van der Waals surface area contributed by atoms with E-state index in [9.17, 15) is 19.7 Å². The van der Waals surface area contributed by atoms with Crippen molar-refractivity contribution in [3.05, 3.63) is 38.8 Å². The Labute approximate surface area is 127 Å². The first kappa shape index (κ1) is 16.2. The molecule has 1 aliphatic heterocycles. The summed E-state index contributed by atoms with van der Waals surface area (Å²) in [5.74, 6) is -0.232. The molecule has 120 valence electrons. The van der Waals surface area contributed by atoms with E-state index >= 15 is 0 Å². The highest BCUT2D eigenvalue weighted by molar-refractivity contribution is 5.76. The molecule has 1 amide bonds. The molecule has 2 atom stereocenters. The fourth-order valence-electron chi connectivity index (χ4n) is 2.80. The van der Waals surface area contributed by atoms with E-state index < -0.39 is 10.5 Å². The summed E-state index contributed by atoms with van der Waals surface area (Å²) in [6.45, 7) is 2.26. The average molecular weight is 308 g/mol. The largest absolute Gasteiger partial charge is 0.337 e. The van der Waals surface area contributed by atoms with Crippen LogP contribution in [0.1, 0.15) is 26.2 Å². The number of aromatic nitrogens is 1. The number of carbonyl (C=O) groups excluding carboxylic acids is 1. The number of pyridine rings is 1. The van der Waals surface area contributed by atoms with Gasteiger partial charge in [0.2, 0.25) is 5.91 Å². The second kappa shape index (κ2) is 6.69. The molecule has 2 rings (SSSR count). The molecule has 1 aromatic rings. The predicted molar refractivity (Wildman–Crippen MR) is 80.4 cm³/mol. The van der Waals surface area contributed by atoms with Crippen LogP contribution in [0.4, 0.5) is 5.69 Å². The summed E-state index contributed by atoms with van der Waals surface area (Å²) >= 11 is 0. The zero-order chi connectivity index (χ0) is 16.3. The molecule has 1 aliphatic rings. The van der Waals surface area contributed by atoms with Crippen molar-refractivity contribution >= 4 is 11.6 Å². The predicted octanol–water partition coefficient (Wildman–Crippen LogP) is 0.485. The molecule has 0 bridgehead atoms. The van der Waals surface area contributed by atoms with Gasteiger partial charge in [-0.3, -0.25) is 24.3 Å². The molecule has 22 heavy (non-hydrogen) atoms. The smallest absolute Gasteiger partial charge is 0.285 e. The molecule has 0 saturated carbocycles. The Morgan fingerprint density at radius 3 is 2.86 bits per heavy atom. The third-order valence-electron chi connectivity index (χ3n) is 3.96. The molecule has 8 nitrogen and oxygen atoms in total. The van der Waals surface area contributed by atoms with Gasteiger partial charge in [-0.1, -0.05) is 0 Å². The summed E-state index contributed by atoms with van der Waals surface area (Å²) in [6, 6.07) is 2.04. The van der Waals surface area contributed by atoms with Crippen molar-refractivity contribution in [1.82, 2.24) is 9.47 Å². The number of piperidine rings is 1. The van der Waals surface area contributed by atoms with E-state index in [1.807, 2.05) is 6.92 Å². The molecule has 2 unspecified atom stereocenters. The zero-order valence-corrected chi connectivity index (χ0v) is 12.5. The minimum Gasteiger partial charge on any atom is -0.337 e. The van der Waals surface area contributed by atoms with Gasteiger partial charge in [-0.05, 0) is 26.2 Å². The van der Waals surface area contributed by atoms with E-state index in [2.05, 4.69) is 0 Å². The van der Waals surface area contributed by atoms with Crippen LogP contribution in [0.5, 0.6) is 0 Å². The number of hydrogen-bond donors (Lipinski definition) is 1. The maximum atomic E-state index is 12.5. The topological polar surface area (TPSA) is 111 Å². The molecule has 0 radical (unpaired) electrons. The van der Waals surface area contributed by atoms with Crippen molar-refractivity contribution in [3.63, 3.8) is 0 Å². The average Bonchev–Trinajstić information content (AvgIpc) is 2.49. The Hall–Kier alpha value is -2.22. The second-order valence-corrected chi connectivity index (χ2v) is 5.62. The molecule has 0 aliphatic carbocycles. The maximum Gasteiger partial charge on any atom is 0.285 e. The lowest BCUT2D eigenvalue weighted by molar-refractivity contribution is -0.385. The van der Waals surface area contributed by atoms with Gasteiger partial charge in [0.15, 0.2) is 0 Å². The van der Waals surface area contributed by atoms with Crippen molar-refractivity contribution in [2.24, 2.45) is 5.73 Å². The Morgan fingerprint density at radius 1 is 1.50 bits per heavy atom. The Bertz CT molecular complexity index is 626. The third-order valence-corrected chi connectivity index (χ3v) is 3.96. The molecule has 1 aromatic heterocycles. The molecule has 1 fully saturated rings. The SMILES string of the molecule is CC(N)C1CCCCN1C(=O)Cn1cc([N+](=O)[O-])ccc1=O. The van der Waals surface area contributed by atoms with Gasteiger partial charge >= 0.3 is 0 Å². The van der Waals surface area contributed by atoms with Gasteiger partial charge in [-0.25, -0.2) is 0 Å². The van der Waals surface area contributed by atoms with Crippen LogP contribution in [-0.2, 0) is 11.3 Å². The summed E-state index contributed by atoms with van der Waals surface area (Å²) in [6.07, 6.45) is 3.86. The van der Waals surface area contributed by atoms with Crippen LogP contribution in [0.15, 0.2) is 23.1 Å². The first-order valence-electron chi connectivity index (χ1n) is 7.30. The van der Waals surface area contributed by atoms with E-state index in [-0.39, 0.29) is 30.2 Å². The third kappa shape index (κ3) is 3.51. The lowest BCUT2D eigenvalue weighted by Gasteiger charge is -2.38. The normalized spacial score (nSPS) is 19.7. The Morgan fingerprint density at radius 2 is 2.23 bits per heavy atom. The van der Waals surface area contributed by atoms with E-state index in [0.717, 1.165) is 42.2 Å². The molecular weight excluding hydrogens is 288 g/mol. The van der Waals surface area contributed by atoms with Gasteiger partial charge in [0.05, 0.1) is 11.1 Å². The van der Waals surface area contributed by atoms with Gasteiger partial charge in [0.1, 0.15) is 6.54 Å². The molecule has 2 N–H and O–H groups in total. The first-order valence-corrected chi connectivity index (χ1v) is 7.30. The summed E-state index contributed by atoms with van der Waals surface area (Å²) < 4.78 is 1.08. The van der Waals surface area contributed by atoms with Crippen LogP contribution in [-0.4, -0.2) is 38.9 Å². The quantitative estimate of drug-likeness (QED) is 0.642. The van der Waals surface area contributed by atoms with E-state index in [0.29, 0.717) is 6.54 Å². The van der Waals surface area contributed by atoms with Crippen LogP contribution < -0.4 is 11.3 Å². The number of amides is 1. The number of rotatable bonds is 4. The van der Waals surface area contributed by atoms with Crippen LogP contribution in [0.25, 0.3) is 0 Å². The minimum atomic E-state index is -0.591. The van der Waals surface area contributed by atoms with Crippen molar-refractivity contribution in [1.29, 1.82) is 0 Å². The van der Waals surface area contributed by atoms with Crippen LogP contribution >= 0.6 is 0 Å². The number of nitro groups is 1. The number of likely N-dealkylation sites (tertiary alicyclic amines) is 1. The lowest BCUT2D eigenvalue weighted by atomic mass is 9.97. The van der Waals surface area contributed by atoms with E-state index in [4.69, 9.17) is 5.73 Å². The van der Waals surface area contributed by atoms with Gasteiger partial charge in [0.25, 0.3) is 11.2 Å². The Kier molecular flexibility index (Phi) is 4.92. The monoisotopic (exact) mass is 308 g/mol. The fourth-order valence-corrected chi connectivity index (χ4v) is 2.80. The van der Waals surface area contributed by atoms with Crippen LogP contribution in [0.2, 0.25) is 0 Å². The number of carbonyl (C=O) groups is 1. The fraction of sp³-hybridized carbons (Fsp3) is 0.571. The lowest BCUT2D eigenvalue weighted by Crippen LogP contribution is -2.52.